The molecule has 40 heavy (non-hydrogen) atoms. The number of nitrogens with one attached hydrogen (secondary N) is 2. The number of Topliss-reactive ketones (excluding diaryl/α,β-unsaturated/α-hetero) is 1. The fourth-order valence-corrected chi connectivity index (χ4v) is 5.92. The maximum absolute atomic E-state index is 13.7. The topological polar surface area (TPSA) is 115 Å². The fraction of sp³-hybridized carbons (Fsp3) is 0.379. The standard InChI is InChI=1S/C29H33N5O5S/c1-2-34-23(16-21-17-24-25(18-26(21)40-34)39-14-13-38-24)28(36)32-22(15-20-7-4-3-5-8-20)27(35)29(37)31-9-6-11-33-12-10-30-19-33/h3-5,7-8,10,12,17-19,22-23H,2,6,9,11,13-16H2,1H3,(H,31,37)(H,32,36). The SMILES string of the molecule is CCN1Sc2cc3c(cc2CC1C(=O)NC(Cc1ccccc1)C(=O)C(=O)NCCCn1ccnc1)OCCO3. The van der Waals surface area contributed by atoms with Crippen LogP contribution in [0.1, 0.15) is 24.5 Å². The van der Waals surface area contributed by atoms with Gasteiger partial charge in [0.05, 0.1) is 6.33 Å². The predicted molar refractivity (Wildman–Crippen MR) is 150 cm³/mol. The van der Waals surface area contributed by atoms with Gasteiger partial charge in [-0.2, -0.15) is 0 Å². The Kier molecular flexibility index (Phi) is 9.02. The smallest absolute Gasteiger partial charge is 0.289 e. The average Bonchev–Trinajstić information content (AvgIpc) is 3.51. The number of likely N-dealkylation sites (N-methyl/N-ethyl adjacent to an activating group) is 1. The highest BCUT2D eigenvalue weighted by Crippen LogP contribution is 2.42. The van der Waals surface area contributed by atoms with E-state index in [0.717, 1.165) is 16.0 Å². The molecule has 0 saturated carbocycles. The summed E-state index contributed by atoms with van der Waals surface area (Å²) in [5.74, 6) is -0.271. The number of fused-ring (bicyclic) bond motifs is 2. The zero-order chi connectivity index (χ0) is 27.9. The van der Waals surface area contributed by atoms with Crippen molar-refractivity contribution in [3.8, 4) is 11.5 Å². The molecule has 2 aliphatic heterocycles. The highest BCUT2D eigenvalue weighted by Gasteiger charge is 2.36. The number of benzene rings is 2. The monoisotopic (exact) mass is 563 g/mol. The van der Waals surface area contributed by atoms with Crippen LogP contribution in [0.5, 0.6) is 11.5 Å². The Labute approximate surface area is 237 Å². The Balaban J connectivity index is 1.27. The number of imidazole rings is 1. The summed E-state index contributed by atoms with van der Waals surface area (Å²) in [6, 6.07) is 11.8. The van der Waals surface area contributed by atoms with E-state index in [2.05, 4.69) is 15.6 Å². The predicted octanol–water partition coefficient (Wildman–Crippen LogP) is 2.41. The second-order valence-electron chi connectivity index (χ2n) is 9.67. The first-order valence-electron chi connectivity index (χ1n) is 13.5. The highest BCUT2D eigenvalue weighted by molar-refractivity contribution is 7.97. The lowest BCUT2D eigenvalue weighted by Gasteiger charge is -2.35. The van der Waals surface area contributed by atoms with E-state index in [9.17, 15) is 14.4 Å². The molecule has 2 aromatic carbocycles. The van der Waals surface area contributed by atoms with Gasteiger partial charge in [0.15, 0.2) is 11.5 Å². The lowest BCUT2D eigenvalue weighted by Crippen LogP contribution is -2.54. The number of carbonyl (C=O) groups is 3. The Morgan fingerprint density at radius 2 is 1.90 bits per heavy atom. The summed E-state index contributed by atoms with van der Waals surface area (Å²) in [4.78, 5) is 44.8. The number of amides is 2. The molecule has 2 atom stereocenters. The van der Waals surface area contributed by atoms with Crippen LogP contribution in [0.2, 0.25) is 0 Å². The quantitative estimate of drug-likeness (QED) is 0.208. The molecule has 0 spiro atoms. The molecule has 1 aromatic heterocycles. The van der Waals surface area contributed by atoms with Crippen molar-refractivity contribution in [1.82, 2.24) is 24.5 Å². The lowest BCUT2D eigenvalue weighted by molar-refractivity contribution is -0.140. The molecule has 2 aliphatic rings. The van der Waals surface area contributed by atoms with Gasteiger partial charge in [0.25, 0.3) is 5.91 Å². The molecule has 2 N–H and O–H groups in total. The minimum absolute atomic E-state index is 0.217. The Morgan fingerprint density at radius 3 is 2.62 bits per heavy atom. The number of hydrogen-bond acceptors (Lipinski definition) is 8. The number of ether oxygens (including phenoxy) is 2. The molecule has 0 radical (unpaired) electrons. The largest absolute Gasteiger partial charge is 0.486 e. The number of hydrogen-bond donors (Lipinski definition) is 2. The molecular weight excluding hydrogens is 530 g/mol. The zero-order valence-electron chi connectivity index (χ0n) is 22.4. The molecular formula is C29H33N5O5S. The molecule has 10 nitrogen and oxygen atoms in total. The van der Waals surface area contributed by atoms with Gasteiger partial charge < -0.3 is 24.7 Å². The number of nitrogens with zero attached hydrogens (tertiary/aromatic N) is 3. The number of rotatable bonds is 11. The third-order valence-corrected chi connectivity index (χ3v) is 8.22. The van der Waals surface area contributed by atoms with E-state index in [1.165, 1.54) is 11.9 Å². The average molecular weight is 564 g/mol. The first-order chi connectivity index (χ1) is 19.5. The summed E-state index contributed by atoms with van der Waals surface area (Å²) in [6.07, 6.45) is 6.55. The fourth-order valence-electron chi connectivity index (χ4n) is 4.82. The van der Waals surface area contributed by atoms with Gasteiger partial charge in [0, 0.05) is 43.3 Å². The third kappa shape index (κ3) is 6.65. The Bertz CT molecular complexity index is 1330. The van der Waals surface area contributed by atoms with E-state index >= 15 is 0 Å². The minimum atomic E-state index is -0.992. The molecule has 3 heterocycles. The van der Waals surface area contributed by atoms with Crippen LogP contribution >= 0.6 is 11.9 Å². The number of aromatic nitrogens is 2. The van der Waals surface area contributed by atoms with Crippen LogP contribution < -0.4 is 20.1 Å². The molecule has 210 valence electrons. The van der Waals surface area contributed by atoms with Gasteiger partial charge in [0.2, 0.25) is 11.7 Å². The summed E-state index contributed by atoms with van der Waals surface area (Å²) >= 11 is 1.49. The molecule has 11 heteroatoms. The van der Waals surface area contributed by atoms with E-state index in [1.54, 1.807) is 12.5 Å². The van der Waals surface area contributed by atoms with Gasteiger partial charge in [-0.25, -0.2) is 9.29 Å². The minimum Gasteiger partial charge on any atom is -0.486 e. The molecule has 0 saturated heterocycles. The van der Waals surface area contributed by atoms with Crippen LogP contribution in [0.4, 0.5) is 0 Å². The summed E-state index contributed by atoms with van der Waals surface area (Å²) < 4.78 is 15.4. The molecule has 0 aliphatic carbocycles. The van der Waals surface area contributed by atoms with E-state index in [4.69, 9.17) is 9.47 Å². The van der Waals surface area contributed by atoms with Crippen molar-refractivity contribution in [2.24, 2.45) is 0 Å². The van der Waals surface area contributed by atoms with E-state index in [-0.39, 0.29) is 12.3 Å². The van der Waals surface area contributed by atoms with Crippen molar-refractivity contribution in [3.63, 3.8) is 0 Å². The van der Waals surface area contributed by atoms with Gasteiger partial charge in [-0.15, -0.1) is 0 Å². The maximum Gasteiger partial charge on any atom is 0.289 e. The van der Waals surface area contributed by atoms with Gasteiger partial charge >= 0.3 is 0 Å². The molecule has 3 aromatic rings. The van der Waals surface area contributed by atoms with Gasteiger partial charge in [0.1, 0.15) is 25.3 Å². The highest BCUT2D eigenvalue weighted by atomic mass is 32.2. The molecule has 0 fully saturated rings. The van der Waals surface area contributed by atoms with Crippen molar-refractivity contribution >= 4 is 29.5 Å². The van der Waals surface area contributed by atoms with Gasteiger partial charge in [-0.3, -0.25) is 14.4 Å². The summed E-state index contributed by atoms with van der Waals surface area (Å²) in [5.41, 5.74) is 1.84. The van der Waals surface area contributed by atoms with Gasteiger partial charge in [-0.05, 0) is 48.0 Å². The summed E-state index contributed by atoms with van der Waals surface area (Å²) in [6.45, 7) is 4.61. The number of aryl methyl sites for hydroxylation is 1. The number of ketones is 1. The summed E-state index contributed by atoms with van der Waals surface area (Å²) in [7, 11) is 0. The van der Waals surface area contributed by atoms with Crippen LogP contribution in [-0.2, 0) is 33.8 Å². The molecule has 2 unspecified atom stereocenters. The van der Waals surface area contributed by atoms with E-state index < -0.39 is 23.8 Å². The van der Waals surface area contributed by atoms with Crippen LogP contribution in [-0.4, -0.2) is 69.8 Å². The molecule has 5 rings (SSSR count). The first kappa shape index (κ1) is 27.7. The molecule has 0 bridgehead atoms. The van der Waals surface area contributed by atoms with Gasteiger partial charge in [-0.1, -0.05) is 37.3 Å². The maximum atomic E-state index is 13.7. The Morgan fingerprint density at radius 1 is 1.12 bits per heavy atom. The van der Waals surface area contributed by atoms with Crippen LogP contribution in [0.3, 0.4) is 0 Å². The lowest BCUT2D eigenvalue weighted by atomic mass is 9.99. The van der Waals surface area contributed by atoms with Crippen LogP contribution in [0, 0.1) is 0 Å². The zero-order valence-corrected chi connectivity index (χ0v) is 23.2. The van der Waals surface area contributed by atoms with E-state index in [0.29, 0.717) is 57.2 Å². The number of carbonyl (C=O) groups excluding carboxylic acids is 3. The Hall–Kier alpha value is -3.83. The normalized spacial score (nSPS) is 17.0. The molecule has 2 amide bonds. The van der Waals surface area contributed by atoms with Crippen molar-refractivity contribution in [2.45, 2.75) is 49.7 Å². The van der Waals surface area contributed by atoms with Crippen LogP contribution in [0.25, 0.3) is 0 Å². The second kappa shape index (κ2) is 13.0. The first-order valence-corrected chi connectivity index (χ1v) is 14.3. The van der Waals surface area contributed by atoms with Crippen molar-refractivity contribution in [2.75, 3.05) is 26.3 Å². The third-order valence-electron chi connectivity index (χ3n) is 6.89. The second-order valence-corrected chi connectivity index (χ2v) is 10.8. The van der Waals surface area contributed by atoms with Crippen LogP contribution in [0.15, 0.2) is 66.1 Å². The summed E-state index contributed by atoms with van der Waals surface area (Å²) in [5, 5.41) is 5.63. The van der Waals surface area contributed by atoms with Crippen molar-refractivity contribution in [3.05, 3.63) is 72.3 Å². The van der Waals surface area contributed by atoms with Crippen molar-refractivity contribution in [1.29, 1.82) is 0 Å². The van der Waals surface area contributed by atoms with Crippen molar-refractivity contribution < 1.29 is 23.9 Å². The van der Waals surface area contributed by atoms with E-state index in [1.807, 2.05) is 64.5 Å².